The second-order valence-corrected chi connectivity index (χ2v) is 5.83. The van der Waals surface area contributed by atoms with Crippen LogP contribution in [0.25, 0.3) is 0 Å². The van der Waals surface area contributed by atoms with E-state index in [0.717, 1.165) is 0 Å². The maximum absolute atomic E-state index is 11.8. The van der Waals surface area contributed by atoms with Crippen molar-refractivity contribution < 1.29 is 24.0 Å². The highest BCUT2D eigenvalue weighted by Gasteiger charge is 2.24. The molecule has 0 bridgehead atoms. The average molecular weight is 324 g/mol. The maximum atomic E-state index is 11.8. The summed E-state index contributed by atoms with van der Waals surface area (Å²) in [7, 11) is 1.26. The summed E-state index contributed by atoms with van der Waals surface area (Å²) in [5.41, 5.74) is 0.0893. The van der Waals surface area contributed by atoms with E-state index in [2.05, 4.69) is 10.1 Å². The van der Waals surface area contributed by atoms with E-state index in [1.807, 2.05) is 0 Å². The smallest absolute Gasteiger partial charge is 0.408 e. The summed E-state index contributed by atoms with van der Waals surface area (Å²) in [4.78, 5) is 33.5. The quantitative estimate of drug-likeness (QED) is 0.506. The van der Waals surface area contributed by atoms with Crippen LogP contribution in [0.15, 0.2) is 24.3 Å². The van der Waals surface area contributed by atoms with Crippen molar-refractivity contribution >= 4 is 12.1 Å². The van der Waals surface area contributed by atoms with Crippen molar-refractivity contribution in [3.63, 3.8) is 0 Å². The number of carbonyl (C=O) groups excluding carboxylic acids is 2. The summed E-state index contributed by atoms with van der Waals surface area (Å²) in [6, 6.07) is 5.14. The Morgan fingerprint density at radius 1 is 1.26 bits per heavy atom. The number of hydrogen-bond donors (Lipinski definition) is 1. The SMILES string of the molecule is COC(=O)c1ccc([C@H](C[N+](=O)[O-])NC(=O)OC(C)(C)C)cc1. The van der Waals surface area contributed by atoms with Gasteiger partial charge < -0.3 is 14.8 Å². The van der Waals surface area contributed by atoms with Crippen LogP contribution in [0, 0.1) is 10.1 Å². The molecule has 0 fully saturated rings. The first kappa shape index (κ1) is 18.4. The molecular weight excluding hydrogens is 304 g/mol. The lowest BCUT2D eigenvalue weighted by Gasteiger charge is -2.22. The Hall–Kier alpha value is -2.64. The van der Waals surface area contributed by atoms with Crippen LogP contribution in [0.2, 0.25) is 0 Å². The number of alkyl carbamates (subject to hydrolysis) is 1. The Balaban J connectivity index is 2.91. The molecule has 1 N–H and O–H groups in total. The summed E-state index contributed by atoms with van der Waals surface area (Å²) < 4.78 is 9.69. The Labute approximate surface area is 133 Å². The van der Waals surface area contributed by atoms with Gasteiger partial charge >= 0.3 is 12.1 Å². The largest absolute Gasteiger partial charge is 0.465 e. The van der Waals surface area contributed by atoms with Crippen LogP contribution in [0.5, 0.6) is 0 Å². The molecule has 1 aromatic rings. The van der Waals surface area contributed by atoms with Crippen LogP contribution in [0.1, 0.15) is 42.7 Å². The van der Waals surface area contributed by atoms with E-state index in [-0.39, 0.29) is 0 Å². The lowest BCUT2D eigenvalue weighted by Crippen LogP contribution is -2.37. The molecule has 8 nitrogen and oxygen atoms in total. The standard InChI is InChI=1S/C15H20N2O6/c1-15(2,3)23-14(19)16-12(9-17(20)21)10-5-7-11(8-6-10)13(18)22-4/h5-8,12H,9H2,1-4H3,(H,16,19)/t12-/m0/s1. The van der Waals surface area contributed by atoms with Gasteiger partial charge in [-0.05, 0) is 38.5 Å². The van der Waals surface area contributed by atoms with Gasteiger partial charge in [-0.15, -0.1) is 0 Å². The number of benzene rings is 1. The van der Waals surface area contributed by atoms with E-state index >= 15 is 0 Å². The van der Waals surface area contributed by atoms with Crippen molar-refractivity contribution in [1.29, 1.82) is 0 Å². The van der Waals surface area contributed by atoms with Gasteiger partial charge in [0.15, 0.2) is 0 Å². The molecule has 0 aromatic heterocycles. The van der Waals surface area contributed by atoms with E-state index in [9.17, 15) is 19.7 Å². The number of hydrogen-bond acceptors (Lipinski definition) is 6. The third kappa shape index (κ3) is 6.33. The van der Waals surface area contributed by atoms with Gasteiger partial charge in [0.25, 0.3) is 0 Å². The van der Waals surface area contributed by atoms with Crippen molar-refractivity contribution in [2.24, 2.45) is 0 Å². The van der Waals surface area contributed by atoms with Crippen molar-refractivity contribution in [1.82, 2.24) is 5.32 Å². The molecule has 8 heteroatoms. The minimum atomic E-state index is -0.869. The third-order valence-corrected chi connectivity index (χ3v) is 2.76. The zero-order chi connectivity index (χ0) is 17.6. The number of nitrogens with zero attached hydrogens (tertiary/aromatic N) is 1. The molecule has 1 aromatic carbocycles. The first-order valence-electron chi connectivity index (χ1n) is 6.92. The molecular formula is C15H20N2O6. The molecule has 0 heterocycles. The first-order chi connectivity index (χ1) is 10.6. The van der Waals surface area contributed by atoms with Gasteiger partial charge in [-0.2, -0.15) is 0 Å². The zero-order valence-electron chi connectivity index (χ0n) is 13.5. The second-order valence-electron chi connectivity index (χ2n) is 5.83. The Bertz CT molecular complexity index is 577. The highest BCUT2D eigenvalue weighted by Crippen LogP contribution is 2.16. The molecule has 23 heavy (non-hydrogen) atoms. The van der Waals surface area contributed by atoms with Crippen LogP contribution in [0.3, 0.4) is 0 Å². The predicted molar refractivity (Wildman–Crippen MR) is 81.8 cm³/mol. The molecule has 0 aliphatic carbocycles. The number of carbonyl (C=O) groups is 2. The number of ether oxygens (including phenoxy) is 2. The lowest BCUT2D eigenvalue weighted by molar-refractivity contribution is -0.484. The minimum absolute atomic E-state index is 0.313. The molecule has 0 aliphatic rings. The Morgan fingerprint density at radius 3 is 2.26 bits per heavy atom. The Morgan fingerprint density at radius 2 is 1.83 bits per heavy atom. The molecule has 1 atom stereocenters. The molecule has 0 saturated carbocycles. The van der Waals surface area contributed by atoms with E-state index in [4.69, 9.17) is 4.74 Å². The molecule has 1 amide bonds. The van der Waals surface area contributed by atoms with Crippen LogP contribution in [-0.4, -0.2) is 36.2 Å². The van der Waals surface area contributed by atoms with Gasteiger partial charge in [-0.1, -0.05) is 12.1 Å². The lowest BCUT2D eigenvalue weighted by atomic mass is 10.0. The highest BCUT2D eigenvalue weighted by atomic mass is 16.6. The number of esters is 1. The summed E-state index contributed by atoms with van der Waals surface area (Å²) in [5.74, 6) is -0.512. The van der Waals surface area contributed by atoms with E-state index in [0.29, 0.717) is 11.1 Å². The maximum Gasteiger partial charge on any atom is 0.408 e. The molecule has 0 saturated heterocycles. The number of amides is 1. The monoisotopic (exact) mass is 324 g/mol. The molecule has 126 valence electrons. The normalized spacial score (nSPS) is 12.2. The fourth-order valence-electron chi connectivity index (χ4n) is 1.80. The molecule has 1 rings (SSSR count). The minimum Gasteiger partial charge on any atom is -0.465 e. The van der Waals surface area contributed by atoms with Gasteiger partial charge in [0.1, 0.15) is 11.6 Å². The third-order valence-electron chi connectivity index (χ3n) is 2.76. The van der Waals surface area contributed by atoms with Crippen LogP contribution in [-0.2, 0) is 9.47 Å². The van der Waals surface area contributed by atoms with Crippen LogP contribution in [0.4, 0.5) is 4.79 Å². The molecule has 0 radical (unpaired) electrons. The fourth-order valence-corrected chi connectivity index (χ4v) is 1.80. The van der Waals surface area contributed by atoms with Gasteiger partial charge in [0, 0.05) is 4.92 Å². The average Bonchev–Trinajstić information content (AvgIpc) is 2.43. The van der Waals surface area contributed by atoms with Crippen molar-refractivity contribution in [2.45, 2.75) is 32.4 Å². The first-order valence-corrected chi connectivity index (χ1v) is 6.92. The molecule has 0 spiro atoms. The zero-order valence-corrected chi connectivity index (χ0v) is 13.5. The van der Waals surface area contributed by atoms with Gasteiger partial charge in [-0.25, -0.2) is 9.59 Å². The van der Waals surface area contributed by atoms with Crippen molar-refractivity contribution in [3.8, 4) is 0 Å². The van der Waals surface area contributed by atoms with Crippen LogP contribution >= 0.6 is 0 Å². The van der Waals surface area contributed by atoms with E-state index in [1.165, 1.54) is 31.4 Å². The summed E-state index contributed by atoms with van der Waals surface area (Å²) in [6.07, 6.45) is -0.749. The summed E-state index contributed by atoms with van der Waals surface area (Å²) in [5, 5.41) is 13.3. The van der Waals surface area contributed by atoms with E-state index in [1.54, 1.807) is 20.8 Å². The number of nitrogens with one attached hydrogen (secondary N) is 1. The van der Waals surface area contributed by atoms with E-state index < -0.39 is 35.2 Å². The summed E-state index contributed by atoms with van der Waals surface area (Å²) in [6.45, 7) is 4.58. The number of rotatable bonds is 5. The van der Waals surface area contributed by atoms with Gasteiger partial charge in [-0.3, -0.25) is 10.1 Å². The van der Waals surface area contributed by atoms with Gasteiger partial charge in [0.2, 0.25) is 6.54 Å². The topological polar surface area (TPSA) is 108 Å². The fraction of sp³-hybridized carbons (Fsp3) is 0.467. The van der Waals surface area contributed by atoms with Crippen molar-refractivity contribution in [2.75, 3.05) is 13.7 Å². The highest BCUT2D eigenvalue weighted by molar-refractivity contribution is 5.89. The number of nitro groups is 1. The molecule has 0 unspecified atom stereocenters. The van der Waals surface area contributed by atoms with Crippen LogP contribution < -0.4 is 5.32 Å². The second kappa shape index (κ2) is 7.57. The summed E-state index contributed by atoms with van der Waals surface area (Å²) >= 11 is 0. The van der Waals surface area contributed by atoms with Crippen molar-refractivity contribution in [3.05, 3.63) is 45.5 Å². The predicted octanol–water partition coefficient (Wildman–Crippen LogP) is 2.32. The molecule has 0 aliphatic heterocycles. The number of methoxy groups -OCH3 is 1. The van der Waals surface area contributed by atoms with Gasteiger partial charge in [0.05, 0.1) is 12.7 Å². The Kier molecular flexibility index (Phi) is 6.06.